The Balaban J connectivity index is 2.07. The zero-order valence-electron chi connectivity index (χ0n) is 15.9. The maximum absolute atomic E-state index is 13.0. The van der Waals surface area contributed by atoms with E-state index in [4.69, 9.17) is 4.74 Å². The molecule has 0 aliphatic rings. The number of rotatable bonds is 5. The Bertz CT molecular complexity index is 1090. The predicted octanol–water partition coefficient (Wildman–Crippen LogP) is 2.63. The zero-order chi connectivity index (χ0) is 19.6. The van der Waals surface area contributed by atoms with Gasteiger partial charge in [-0.15, -0.1) is 0 Å². The fourth-order valence-corrected chi connectivity index (χ4v) is 3.01. The van der Waals surface area contributed by atoms with Gasteiger partial charge in [0, 0.05) is 11.5 Å². The summed E-state index contributed by atoms with van der Waals surface area (Å²) in [6.07, 6.45) is 4.53. The van der Waals surface area contributed by atoms with Crippen LogP contribution in [0.25, 0.3) is 16.6 Å². The average Bonchev–Trinajstić information content (AvgIpc) is 3.05. The van der Waals surface area contributed by atoms with Crippen LogP contribution in [0.2, 0.25) is 0 Å². The van der Waals surface area contributed by atoms with Crippen molar-refractivity contribution in [2.75, 3.05) is 6.61 Å². The molecule has 0 saturated carbocycles. The summed E-state index contributed by atoms with van der Waals surface area (Å²) in [7, 11) is 0. The van der Waals surface area contributed by atoms with Crippen LogP contribution in [0.4, 0.5) is 0 Å². The molecule has 0 spiro atoms. The van der Waals surface area contributed by atoms with E-state index in [1.54, 1.807) is 23.9 Å². The van der Waals surface area contributed by atoms with Gasteiger partial charge in [-0.05, 0) is 39.3 Å². The quantitative estimate of drug-likeness (QED) is 0.512. The summed E-state index contributed by atoms with van der Waals surface area (Å²) in [6.45, 7) is 8.07. The molecule has 0 aliphatic heterocycles. The van der Waals surface area contributed by atoms with Crippen LogP contribution >= 0.6 is 0 Å². The third kappa shape index (κ3) is 3.67. The lowest BCUT2D eigenvalue weighted by molar-refractivity contribution is -0.137. The molecule has 140 valence electrons. The van der Waals surface area contributed by atoms with Crippen molar-refractivity contribution in [3.05, 3.63) is 63.7 Å². The molecule has 2 aromatic heterocycles. The van der Waals surface area contributed by atoms with Crippen LogP contribution in [0.15, 0.2) is 41.3 Å². The van der Waals surface area contributed by atoms with E-state index in [2.05, 4.69) is 16.3 Å². The summed E-state index contributed by atoms with van der Waals surface area (Å²) in [5, 5.41) is 9.47. The highest BCUT2D eigenvalue weighted by Crippen LogP contribution is 2.20. The van der Waals surface area contributed by atoms with Gasteiger partial charge in [0.25, 0.3) is 5.56 Å². The van der Waals surface area contributed by atoms with Crippen LogP contribution in [0.1, 0.15) is 23.7 Å². The average molecular weight is 366 g/mol. The number of esters is 1. The lowest BCUT2D eigenvalue weighted by Crippen LogP contribution is -2.25. The maximum Gasteiger partial charge on any atom is 0.330 e. The minimum absolute atomic E-state index is 0.173. The molecular weight excluding hydrogens is 344 g/mol. The van der Waals surface area contributed by atoms with Crippen molar-refractivity contribution in [1.82, 2.24) is 19.6 Å². The van der Waals surface area contributed by atoms with Crippen molar-refractivity contribution in [2.45, 2.75) is 34.2 Å². The highest BCUT2D eigenvalue weighted by molar-refractivity contribution is 5.82. The van der Waals surface area contributed by atoms with Gasteiger partial charge in [0.2, 0.25) is 0 Å². The first-order chi connectivity index (χ1) is 12.9. The molecule has 0 unspecified atom stereocenters. The highest BCUT2D eigenvalue weighted by Gasteiger charge is 2.15. The van der Waals surface area contributed by atoms with Gasteiger partial charge in [-0.25, -0.2) is 14.2 Å². The summed E-state index contributed by atoms with van der Waals surface area (Å²) < 4.78 is 7.83. The van der Waals surface area contributed by atoms with Crippen molar-refractivity contribution in [3.8, 4) is 5.69 Å². The first-order valence-electron chi connectivity index (χ1n) is 8.78. The zero-order valence-corrected chi connectivity index (χ0v) is 15.9. The van der Waals surface area contributed by atoms with E-state index in [9.17, 15) is 9.59 Å². The Hall–Kier alpha value is -3.22. The van der Waals surface area contributed by atoms with Crippen molar-refractivity contribution < 1.29 is 9.53 Å². The highest BCUT2D eigenvalue weighted by atomic mass is 16.5. The molecule has 1 aromatic carbocycles. The van der Waals surface area contributed by atoms with Gasteiger partial charge >= 0.3 is 5.97 Å². The minimum atomic E-state index is -0.441. The number of aromatic nitrogens is 4. The molecule has 0 saturated heterocycles. The van der Waals surface area contributed by atoms with Gasteiger partial charge in [-0.2, -0.15) is 10.2 Å². The maximum atomic E-state index is 13.0. The van der Waals surface area contributed by atoms with E-state index in [1.165, 1.54) is 10.8 Å². The molecule has 27 heavy (non-hydrogen) atoms. The van der Waals surface area contributed by atoms with Gasteiger partial charge in [0.1, 0.15) is 5.52 Å². The number of carbonyl (C=O) groups is 1. The molecule has 0 fully saturated rings. The first-order valence-corrected chi connectivity index (χ1v) is 8.78. The fraction of sp³-hybridized carbons (Fsp3) is 0.300. The van der Waals surface area contributed by atoms with Crippen LogP contribution in [0, 0.1) is 20.8 Å². The molecular formula is C20H22N4O3. The molecule has 0 atom stereocenters. The molecule has 3 aromatic rings. The summed E-state index contributed by atoms with van der Waals surface area (Å²) >= 11 is 0. The van der Waals surface area contributed by atoms with Crippen LogP contribution in [-0.2, 0) is 16.1 Å². The van der Waals surface area contributed by atoms with Gasteiger partial charge in [0.15, 0.2) is 0 Å². The number of allylic oxidation sites excluding steroid dienone is 1. The van der Waals surface area contributed by atoms with E-state index < -0.39 is 5.97 Å². The normalized spacial score (nSPS) is 11.4. The Kier molecular flexibility index (Phi) is 5.21. The summed E-state index contributed by atoms with van der Waals surface area (Å²) in [5.74, 6) is -0.441. The number of aryl methyl sites for hydroxylation is 3. The van der Waals surface area contributed by atoms with E-state index in [0.29, 0.717) is 23.2 Å². The number of ether oxygens (including phenoxy) is 1. The van der Waals surface area contributed by atoms with E-state index >= 15 is 0 Å². The number of nitrogens with zero attached hydrogens (tertiary/aromatic N) is 4. The molecule has 0 radical (unpaired) electrons. The van der Waals surface area contributed by atoms with E-state index in [0.717, 1.165) is 16.8 Å². The van der Waals surface area contributed by atoms with Crippen molar-refractivity contribution >= 4 is 16.9 Å². The van der Waals surface area contributed by atoms with Crippen molar-refractivity contribution in [1.29, 1.82) is 0 Å². The Labute approximate surface area is 156 Å². The second-order valence-corrected chi connectivity index (χ2v) is 6.34. The molecule has 0 bridgehead atoms. The lowest BCUT2D eigenvalue weighted by Gasteiger charge is -2.09. The number of hydrogen-bond acceptors (Lipinski definition) is 5. The van der Waals surface area contributed by atoms with Gasteiger partial charge in [-0.3, -0.25) is 4.79 Å². The summed E-state index contributed by atoms with van der Waals surface area (Å²) in [5.41, 5.74) is 3.94. The molecule has 0 aliphatic carbocycles. The second kappa shape index (κ2) is 7.57. The smallest absolute Gasteiger partial charge is 0.330 e. The van der Waals surface area contributed by atoms with Crippen LogP contribution in [-0.4, -0.2) is 32.1 Å². The molecule has 7 heteroatoms. The molecule has 7 nitrogen and oxygen atoms in total. The van der Waals surface area contributed by atoms with Crippen molar-refractivity contribution in [2.24, 2.45) is 0 Å². The largest absolute Gasteiger partial charge is 0.463 e. The topological polar surface area (TPSA) is 79.0 Å². The molecule has 3 rings (SSSR count). The second-order valence-electron chi connectivity index (χ2n) is 6.34. The van der Waals surface area contributed by atoms with Crippen LogP contribution in [0.3, 0.4) is 0 Å². The Morgan fingerprint density at radius 2 is 2.04 bits per heavy atom. The van der Waals surface area contributed by atoms with Gasteiger partial charge in [0.05, 0.1) is 30.7 Å². The number of fused-ring (bicyclic) bond motifs is 1. The predicted molar refractivity (Wildman–Crippen MR) is 103 cm³/mol. The monoisotopic (exact) mass is 366 g/mol. The molecule has 2 heterocycles. The van der Waals surface area contributed by atoms with E-state index in [-0.39, 0.29) is 12.1 Å². The SMILES string of the molecule is CCOC(=O)/C=C/Cn1nc(C)c2cnn(-c3ccc(C)cc3C)c2c1=O. The Morgan fingerprint density at radius 1 is 1.26 bits per heavy atom. The van der Waals surface area contributed by atoms with Gasteiger partial charge in [-0.1, -0.05) is 23.8 Å². The fourth-order valence-electron chi connectivity index (χ4n) is 3.01. The third-order valence-electron chi connectivity index (χ3n) is 4.27. The first kappa shape index (κ1) is 18.6. The molecule has 0 N–H and O–H groups in total. The summed E-state index contributed by atoms with van der Waals surface area (Å²) in [6, 6.07) is 6.00. The van der Waals surface area contributed by atoms with Crippen LogP contribution < -0.4 is 5.56 Å². The lowest BCUT2D eigenvalue weighted by atomic mass is 10.1. The summed E-state index contributed by atoms with van der Waals surface area (Å²) in [4.78, 5) is 24.4. The van der Waals surface area contributed by atoms with Crippen molar-refractivity contribution in [3.63, 3.8) is 0 Å². The third-order valence-corrected chi connectivity index (χ3v) is 4.27. The minimum Gasteiger partial charge on any atom is -0.463 e. The number of benzene rings is 1. The standard InChI is InChI=1S/C20H22N4O3/c1-5-27-18(25)7-6-10-23-20(26)19-16(15(4)22-23)12-21-24(19)17-9-8-13(2)11-14(17)3/h6-9,11-12H,5,10H2,1-4H3/b7-6+. The number of hydrogen-bond donors (Lipinski definition) is 0. The van der Waals surface area contributed by atoms with E-state index in [1.807, 2.05) is 32.9 Å². The van der Waals surface area contributed by atoms with Crippen LogP contribution in [0.5, 0.6) is 0 Å². The number of carbonyl (C=O) groups excluding carboxylic acids is 1. The Morgan fingerprint density at radius 3 is 2.74 bits per heavy atom. The molecule has 0 amide bonds. The van der Waals surface area contributed by atoms with Gasteiger partial charge < -0.3 is 4.74 Å².